The van der Waals surface area contributed by atoms with Crippen molar-refractivity contribution < 1.29 is 24.2 Å². The molecule has 0 bridgehead atoms. The molecule has 0 unspecified atom stereocenters. The average molecular weight is 408 g/mol. The van der Waals surface area contributed by atoms with Crippen LogP contribution in [0.3, 0.4) is 0 Å². The number of azo groups is 1. The van der Waals surface area contributed by atoms with Gasteiger partial charge in [-0.1, -0.05) is 6.07 Å². The smallest absolute Gasteiger partial charge is 0.362 e. The molecule has 0 aliphatic heterocycles. The molecule has 0 spiro atoms. The number of aromatic nitrogens is 1. The van der Waals surface area contributed by atoms with Gasteiger partial charge < -0.3 is 14.6 Å². The van der Waals surface area contributed by atoms with Gasteiger partial charge in [-0.15, -0.1) is 21.8 Å². The molecule has 0 aliphatic rings. The number of halogens is 1. The largest absolute Gasteiger partial charge is 0.508 e. The van der Waals surface area contributed by atoms with Crippen LogP contribution in [0.4, 0.5) is 5.69 Å². The van der Waals surface area contributed by atoms with Gasteiger partial charge in [-0.2, -0.15) is 0 Å². The Morgan fingerprint density at radius 1 is 1.21 bits per heavy atom. The predicted octanol–water partition coefficient (Wildman–Crippen LogP) is 3.13. The van der Waals surface area contributed by atoms with Crippen LogP contribution in [0, 0.1) is 0 Å². The minimum Gasteiger partial charge on any atom is -0.508 e. The van der Waals surface area contributed by atoms with E-state index in [1.807, 2.05) is 0 Å². The summed E-state index contributed by atoms with van der Waals surface area (Å²) in [6.07, 6.45) is 1.46. The fraction of sp³-hybridized carbons (Fsp3) is 0.278. The highest BCUT2D eigenvalue weighted by Crippen LogP contribution is 2.19. The Labute approximate surface area is 164 Å². The number of carbonyl (C=O) groups excluding carboxylic acids is 2. The van der Waals surface area contributed by atoms with E-state index in [4.69, 9.17) is 21.1 Å². The number of carbonyl (C=O) groups is 2. The van der Waals surface area contributed by atoms with Crippen molar-refractivity contribution in [3.8, 4) is 0 Å². The van der Waals surface area contributed by atoms with Gasteiger partial charge >= 0.3 is 11.9 Å². The monoisotopic (exact) mass is 407 g/mol. The number of ether oxygens (including phenoxy) is 2. The molecule has 0 fully saturated rings. The summed E-state index contributed by atoms with van der Waals surface area (Å²) in [5, 5.41) is 17.1. The van der Waals surface area contributed by atoms with E-state index in [9.17, 15) is 19.5 Å². The van der Waals surface area contributed by atoms with Crippen LogP contribution in [0.2, 0.25) is 0 Å². The Bertz CT molecular complexity index is 1010. The highest BCUT2D eigenvalue weighted by Gasteiger charge is 2.18. The zero-order valence-corrected chi connectivity index (χ0v) is 16.0. The first-order valence-electron chi connectivity index (χ1n) is 8.33. The van der Waals surface area contributed by atoms with E-state index in [0.717, 1.165) is 0 Å². The van der Waals surface area contributed by atoms with E-state index in [0.29, 0.717) is 5.52 Å². The first-order chi connectivity index (χ1) is 13.4. The first-order valence-corrected chi connectivity index (χ1v) is 8.86. The van der Waals surface area contributed by atoms with Gasteiger partial charge in [0.15, 0.2) is 5.69 Å². The number of hydrogen-bond donors (Lipinski definition) is 1. The van der Waals surface area contributed by atoms with Crippen molar-refractivity contribution in [2.45, 2.75) is 13.8 Å². The molecular weight excluding hydrogens is 390 g/mol. The molecule has 2 heterocycles. The van der Waals surface area contributed by atoms with Gasteiger partial charge in [-0.05, 0) is 32.0 Å². The standard InChI is InChI=1S/C18H18ClN3O6/c1-3-27-17(25)11-9-12(16(24)22-8-6-5-7-13(11)22)20-21-15(14(23)10-19)18(26)28-4-2/h5-9,23H,3-4,10H2,1-2H3/b15-14-,21-20?. The molecule has 9 nitrogen and oxygen atoms in total. The van der Waals surface area contributed by atoms with E-state index in [1.165, 1.54) is 16.7 Å². The number of hydrogen-bond acceptors (Lipinski definition) is 8. The van der Waals surface area contributed by atoms with E-state index in [2.05, 4.69) is 10.2 Å². The third-order valence-electron chi connectivity index (χ3n) is 3.48. The molecule has 10 heteroatoms. The molecule has 2 aromatic rings. The summed E-state index contributed by atoms with van der Waals surface area (Å²) < 4.78 is 11.0. The van der Waals surface area contributed by atoms with Crippen molar-refractivity contribution >= 4 is 34.7 Å². The SMILES string of the molecule is CCOC(=O)/C(N=Nc1cc(C(=O)OCC)c2ccccn2c1=O)=C(/O)CCl. The quantitative estimate of drug-likeness (QED) is 0.247. The number of nitrogens with zero attached hydrogens (tertiary/aromatic N) is 3. The van der Waals surface area contributed by atoms with Crippen LogP contribution in [0.15, 0.2) is 56.9 Å². The number of allylic oxidation sites excluding steroid dienone is 1. The number of aliphatic hydroxyl groups is 1. The maximum Gasteiger partial charge on any atom is 0.362 e. The Hall–Kier alpha value is -3.20. The van der Waals surface area contributed by atoms with Gasteiger partial charge in [0.25, 0.3) is 5.56 Å². The van der Waals surface area contributed by atoms with Crippen molar-refractivity contribution in [3.63, 3.8) is 0 Å². The van der Waals surface area contributed by atoms with Crippen molar-refractivity contribution in [3.05, 3.63) is 57.8 Å². The molecule has 0 radical (unpaired) electrons. The molecule has 1 N–H and O–H groups in total. The normalized spacial score (nSPS) is 12.1. The van der Waals surface area contributed by atoms with Crippen molar-refractivity contribution in [1.29, 1.82) is 0 Å². The Morgan fingerprint density at radius 2 is 1.93 bits per heavy atom. The summed E-state index contributed by atoms with van der Waals surface area (Å²) >= 11 is 5.54. The van der Waals surface area contributed by atoms with Crippen LogP contribution in [0.25, 0.3) is 5.52 Å². The summed E-state index contributed by atoms with van der Waals surface area (Å²) in [6, 6.07) is 6.06. The number of pyridine rings is 2. The highest BCUT2D eigenvalue weighted by molar-refractivity contribution is 6.19. The second-order valence-electron chi connectivity index (χ2n) is 5.27. The summed E-state index contributed by atoms with van der Waals surface area (Å²) in [6.45, 7) is 3.42. The molecule has 0 aromatic carbocycles. The van der Waals surface area contributed by atoms with Gasteiger partial charge in [0.1, 0.15) is 5.76 Å². The third-order valence-corrected chi connectivity index (χ3v) is 3.73. The summed E-state index contributed by atoms with van der Waals surface area (Å²) in [5.41, 5.74) is -0.933. The summed E-state index contributed by atoms with van der Waals surface area (Å²) in [7, 11) is 0. The molecule has 0 saturated carbocycles. The molecule has 2 rings (SSSR count). The fourth-order valence-corrected chi connectivity index (χ4v) is 2.39. The Kier molecular flexibility index (Phi) is 7.28. The lowest BCUT2D eigenvalue weighted by molar-refractivity contribution is -0.138. The van der Waals surface area contributed by atoms with Crippen LogP contribution in [-0.2, 0) is 14.3 Å². The van der Waals surface area contributed by atoms with E-state index >= 15 is 0 Å². The second kappa shape index (κ2) is 9.65. The minimum absolute atomic E-state index is 0.0407. The average Bonchev–Trinajstić information content (AvgIpc) is 2.69. The van der Waals surface area contributed by atoms with Gasteiger partial charge in [0.2, 0.25) is 5.70 Å². The molecule has 0 saturated heterocycles. The predicted molar refractivity (Wildman–Crippen MR) is 101 cm³/mol. The molecular formula is C18H18ClN3O6. The fourth-order valence-electron chi connectivity index (χ4n) is 2.26. The number of rotatable bonds is 7. The van der Waals surface area contributed by atoms with E-state index in [-0.39, 0.29) is 24.5 Å². The lowest BCUT2D eigenvalue weighted by Gasteiger charge is -2.08. The van der Waals surface area contributed by atoms with Crippen LogP contribution < -0.4 is 5.56 Å². The lowest BCUT2D eigenvalue weighted by Crippen LogP contribution is -2.17. The second-order valence-corrected chi connectivity index (χ2v) is 5.54. The Balaban J connectivity index is 2.62. The van der Waals surface area contributed by atoms with Gasteiger partial charge in [-0.3, -0.25) is 9.20 Å². The third kappa shape index (κ3) is 4.55. The first kappa shape index (κ1) is 21.1. The van der Waals surface area contributed by atoms with Gasteiger partial charge in [-0.25, -0.2) is 9.59 Å². The van der Waals surface area contributed by atoms with Gasteiger partial charge in [0, 0.05) is 6.20 Å². The molecule has 28 heavy (non-hydrogen) atoms. The van der Waals surface area contributed by atoms with Crippen molar-refractivity contribution in [2.24, 2.45) is 10.2 Å². The minimum atomic E-state index is -0.948. The molecule has 148 valence electrons. The maximum absolute atomic E-state index is 12.6. The molecule has 0 amide bonds. The molecule has 0 aliphatic carbocycles. The number of aliphatic hydroxyl groups excluding tert-OH is 1. The molecule has 2 aromatic heterocycles. The van der Waals surface area contributed by atoms with Crippen LogP contribution >= 0.6 is 11.6 Å². The van der Waals surface area contributed by atoms with Crippen molar-refractivity contribution in [1.82, 2.24) is 4.40 Å². The van der Waals surface area contributed by atoms with Crippen LogP contribution in [0.5, 0.6) is 0 Å². The van der Waals surface area contributed by atoms with E-state index < -0.39 is 34.8 Å². The summed E-state index contributed by atoms with van der Waals surface area (Å²) in [4.78, 5) is 36.8. The maximum atomic E-state index is 12.6. The van der Waals surface area contributed by atoms with E-state index in [1.54, 1.807) is 32.0 Å². The summed E-state index contributed by atoms with van der Waals surface area (Å²) in [5.74, 6) is -2.56. The molecule has 0 atom stereocenters. The topological polar surface area (TPSA) is 119 Å². The number of alkyl halides is 1. The van der Waals surface area contributed by atoms with Crippen LogP contribution in [0.1, 0.15) is 24.2 Å². The zero-order chi connectivity index (χ0) is 20.7. The van der Waals surface area contributed by atoms with Crippen molar-refractivity contribution in [2.75, 3.05) is 19.1 Å². The lowest BCUT2D eigenvalue weighted by atomic mass is 10.2. The Morgan fingerprint density at radius 3 is 2.57 bits per heavy atom. The van der Waals surface area contributed by atoms with Gasteiger partial charge in [0.05, 0.1) is 30.2 Å². The van der Waals surface area contributed by atoms with Crippen LogP contribution in [-0.4, -0.2) is 40.5 Å². The highest BCUT2D eigenvalue weighted by atomic mass is 35.5. The zero-order valence-electron chi connectivity index (χ0n) is 15.2. The number of esters is 2. The number of fused-ring (bicyclic) bond motifs is 1.